The average Bonchev–Trinajstić information content (AvgIpc) is 2.50. The summed E-state index contributed by atoms with van der Waals surface area (Å²) in [5.41, 5.74) is 7.81. The van der Waals surface area contributed by atoms with Crippen molar-refractivity contribution in [2.75, 3.05) is 5.73 Å². The lowest BCUT2D eigenvalue weighted by Gasteiger charge is -2.04. The summed E-state index contributed by atoms with van der Waals surface area (Å²) in [6, 6.07) is 6.68. The van der Waals surface area contributed by atoms with Gasteiger partial charge in [0.05, 0.1) is 11.4 Å². The number of halogens is 1. The molecule has 1 aromatic heterocycles. The van der Waals surface area contributed by atoms with Crippen molar-refractivity contribution in [1.29, 1.82) is 0 Å². The van der Waals surface area contributed by atoms with Gasteiger partial charge in [0.2, 0.25) is 0 Å². The van der Waals surface area contributed by atoms with Crippen LogP contribution in [0.1, 0.15) is 11.3 Å². The molecular formula is C11H12FN3. The fourth-order valence-corrected chi connectivity index (χ4v) is 1.44. The molecule has 1 heterocycles. The van der Waals surface area contributed by atoms with Gasteiger partial charge in [-0.15, -0.1) is 0 Å². The number of benzene rings is 1. The van der Waals surface area contributed by atoms with E-state index in [4.69, 9.17) is 5.73 Å². The lowest BCUT2D eigenvalue weighted by Crippen LogP contribution is -2.02. The van der Waals surface area contributed by atoms with Crippen LogP contribution in [0.15, 0.2) is 24.3 Å². The molecule has 0 saturated carbocycles. The number of nitrogen functional groups attached to an aromatic ring is 1. The standard InChI is InChI=1S/C11H12FN3/c1-7-3-4-9(6-10(7)12)15-11(13)5-8(2)14-15/h3-6H,13H2,1-2H3. The number of nitrogens with zero attached hydrogens (tertiary/aromatic N) is 2. The van der Waals surface area contributed by atoms with E-state index in [0.717, 1.165) is 5.69 Å². The molecule has 15 heavy (non-hydrogen) atoms. The van der Waals surface area contributed by atoms with Crippen LogP contribution in [0, 0.1) is 19.7 Å². The highest BCUT2D eigenvalue weighted by Gasteiger charge is 2.06. The Morgan fingerprint density at radius 1 is 1.27 bits per heavy atom. The number of aromatic nitrogens is 2. The van der Waals surface area contributed by atoms with Crippen molar-refractivity contribution in [3.8, 4) is 5.69 Å². The van der Waals surface area contributed by atoms with Gasteiger partial charge in [-0.25, -0.2) is 9.07 Å². The lowest BCUT2D eigenvalue weighted by molar-refractivity contribution is 0.616. The summed E-state index contributed by atoms with van der Waals surface area (Å²) in [4.78, 5) is 0. The fraction of sp³-hybridized carbons (Fsp3) is 0.182. The number of anilines is 1. The van der Waals surface area contributed by atoms with E-state index in [1.807, 2.05) is 6.92 Å². The minimum Gasteiger partial charge on any atom is -0.384 e. The molecule has 0 bridgehead atoms. The number of aryl methyl sites for hydroxylation is 2. The van der Waals surface area contributed by atoms with Crippen molar-refractivity contribution in [2.24, 2.45) is 0 Å². The van der Waals surface area contributed by atoms with E-state index >= 15 is 0 Å². The molecule has 0 fully saturated rings. The second kappa shape index (κ2) is 3.38. The van der Waals surface area contributed by atoms with E-state index < -0.39 is 0 Å². The third kappa shape index (κ3) is 1.70. The SMILES string of the molecule is Cc1cc(N)n(-c2ccc(C)c(F)c2)n1. The summed E-state index contributed by atoms with van der Waals surface area (Å²) in [6.45, 7) is 3.56. The van der Waals surface area contributed by atoms with Crippen LogP contribution in [0.4, 0.5) is 10.2 Å². The van der Waals surface area contributed by atoms with Crippen molar-refractivity contribution in [3.05, 3.63) is 41.3 Å². The maximum absolute atomic E-state index is 13.3. The monoisotopic (exact) mass is 205 g/mol. The molecule has 0 spiro atoms. The van der Waals surface area contributed by atoms with Crippen molar-refractivity contribution >= 4 is 5.82 Å². The van der Waals surface area contributed by atoms with Crippen molar-refractivity contribution in [1.82, 2.24) is 9.78 Å². The van der Waals surface area contributed by atoms with Crippen LogP contribution in [0.5, 0.6) is 0 Å². The van der Waals surface area contributed by atoms with Crippen LogP contribution in [0.3, 0.4) is 0 Å². The van der Waals surface area contributed by atoms with Gasteiger partial charge in [0.1, 0.15) is 11.6 Å². The zero-order chi connectivity index (χ0) is 11.0. The van der Waals surface area contributed by atoms with E-state index in [2.05, 4.69) is 5.10 Å². The highest BCUT2D eigenvalue weighted by atomic mass is 19.1. The number of hydrogen-bond acceptors (Lipinski definition) is 2. The molecule has 0 amide bonds. The van der Waals surface area contributed by atoms with Gasteiger partial charge in [-0.2, -0.15) is 5.10 Å². The second-order valence-corrected chi connectivity index (χ2v) is 3.56. The van der Waals surface area contributed by atoms with E-state index in [9.17, 15) is 4.39 Å². The van der Waals surface area contributed by atoms with Crippen LogP contribution in [0.2, 0.25) is 0 Å². The molecule has 0 aliphatic rings. The van der Waals surface area contributed by atoms with E-state index in [1.54, 1.807) is 25.1 Å². The first-order valence-corrected chi connectivity index (χ1v) is 4.66. The molecule has 2 N–H and O–H groups in total. The summed E-state index contributed by atoms with van der Waals surface area (Å²) in [5.74, 6) is 0.260. The van der Waals surface area contributed by atoms with Crippen molar-refractivity contribution in [2.45, 2.75) is 13.8 Å². The summed E-state index contributed by atoms with van der Waals surface area (Å²) in [7, 11) is 0. The zero-order valence-corrected chi connectivity index (χ0v) is 8.66. The van der Waals surface area contributed by atoms with Crippen LogP contribution in [-0.4, -0.2) is 9.78 Å². The Bertz CT molecular complexity index is 503. The number of hydrogen-bond donors (Lipinski definition) is 1. The lowest BCUT2D eigenvalue weighted by atomic mass is 10.2. The fourth-order valence-electron chi connectivity index (χ4n) is 1.44. The van der Waals surface area contributed by atoms with Gasteiger partial charge in [0, 0.05) is 6.07 Å². The molecule has 2 rings (SSSR count). The predicted molar refractivity (Wildman–Crippen MR) is 57.4 cm³/mol. The Balaban J connectivity index is 2.54. The maximum atomic E-state index is 13.3. The average molecular weight is 205 g/mol. The molecule has 2 aromatic rings. The zero-order valence-electron chi connectivity index (χ0n) is 8.66. The van der Waals surface area contributed by atoms with Crippen LogP contribution >= 0.6 is 0 Å². The van der Waals surface area contributed by atoms with Gasteiger partial charge in [-0.1, -0.05) is 6.07 Å². The van der Waals surface area contributed by atoms with Gasteiger partial charge in [0.25, 0.3) is 0 Å². The molecule has 0 unspecified atom stereocenters. The topological polar surface area (TPSA) is 43.8 Å². The maximum Gasteiger partial charge on any atom is 0.128 e. The predicted octanol–water partition coefficient (Wildman–Crippen LogP) is 2.21. The first-order valence-electron chi connectivity index (χ1n) is 4.66. The number of nitrogens with two attached hydrogens (primary N) is 1. The summed E-state index contributed by atoms with van der Waals surface area (Å²) in [6.07, 6.45) is 0. The minimum atomic E-state index is -0.250. The van der Waals surface area contributed by atoms with Gasteiger partial charge in [-0.05, 0) is 31.5 Å². The quantitative estimate of drug-likeness (QED) is 0.775. The Labute approximate surface area is 87.3 Å². The molecule has 78 valence electrons. The van der Waals surface area contributed by atoms with Crippen LogP contribution < -0.4 is 5.73 Å². The van der Waals surface area contributed by atoms with Crippen LogP contribution in [-0.2, 0) is 0 Å². The van der Waals surface area contributed by atoms with Crippen molar-refractivity contribution in [3.63, 3.8) is 0 Å². The third-order valence-corrected chi connectivity index (χ3v) is 2.26. The van der Waals surface area contributed by atoms with Crippen molar-refractivity contribution < 1.29 is 4.39 Å². The first kappa shape index (κ1) is 9.71. The summed E-state index contributed by atoms with van der Waals surface area (Å²) >= 11 is 0. The molecular weight excluding hydrogens is 193 g/mol. The first-order chi connectivity index (χ1) is 7.08. The Morgan fingerprint density at radius 2 is 2.00 bits per heavy atom. The highest BCUT2D eigenvalue weighted by Crippen LogP contribution is 2.16. The molecule has 0 atom stereocenters. The molecule has 0 radical (unpaired) electrons. The van der Waals surface area contributed by atoms with E-state index in [-0.39, 0.29) is 5.82 Å². The molecule has 4 heteroatoms. The number of rotatable bonds is 1. The Hall–Kier alpha value is -1.84. The molecule has 0 aliphatic carbocycles. The normalized spacial score (nSPS) is 10.6. The minimum absolute atomic E-state index is 0.250. The Kier molecular flexibility index (Phi) is 2.19. The molecule has 0 aliphatic heterocycles. The molecule has 3 nitrogen and oxygen atoms in total. The second-order valence-electron chi connectivity index (χ2n) is 3.56. The Morgan fingerprint density at radius 3 is 2.53 bits per heavy atom. The summed E-state index contributed by atoms with van der Waals surface area (Å²) in [5, 5.41) is 4.18. The van der Waals surface area contributed by atoms with E-state index in [0.29, 0.717) is 17.1 Å². The van der Waals surface area contributed by atoms with Gasteiger partial charge < -0.3 is 5.73 Å². The largest absolute Gasteiger partial charge is 0.384 e. The van der Waals surface area contributed by atoms with Gasteiger partial charge in [-0.3, -0.25) is 0 Å². The summed E-state index contributed by atoms with van der Waals surface area (Å²) < 4.78 is 14.8. The van der Waals surface area contributed by atoms with E-state index in [1.165, 1.54) is 10.7 Å². The van der Waals surface area contributed by atoms with Gasteiger partial charge in [0.15, 0.2) is 0 Å². The smallest absolute Gasteiger partial charge is 0.128 e. The molecule has 1 aromatic carbocycles. The molecule has 0 saturated heterocycles. The third-order valence-electron chi connectivity index (χ3n) is 2.26. The van der Waals surface area contributed by atoms with Crippen LogP contribution in [0.25, 0.3) is 5.69 Å². The van der Waals surface area contributed by atoms with Gasteiger partial charge >= 0.3 is 0 Å². The highest BCUT2D eigenvalue weighted by molar-refractivity contribution is 5.43.